The molecule has 0 N–H and O–H groups in total. The van der Waals surface area contributed by atoms with Crippen LogP contribution in [0.3, 0.4) is 0 Å². The van der Waals surface area contributed by atoms with Crippen molar-refractivity contribution in [2.75, 3.05) is 0 Å². The minimum absolute atomic E-state index is 0.709. The van der Waals surface area contributed by atoms with Gasteiger partial charge in [0.05, 0.1) is 0 Å². The average molecular weight is 389 g/mol. The van der Waals surface area contributed by atoms with Crippen molar-refractivity contribution in [3.63, 3.8) is 0 Å². The molecule has 0 spiro atoms. The van der Waals surface area contributed by atoms with Crippen molar-refractivity contribution in [3.8, 4) is 0 Å². The quantitative estimate of drug-likeness (QED) is 0.295. The summed E-state index contributed by atoms with van der Waals surface area (Å²) in [6.45, 7) is 15.0. The van der Waals surface area contributed by atoms with Crippen LogP contribution >= 0.6 is 0 Å². The molecule has 0 nitrogen and oxygen atoms in total. The summed E-state index contributed by atoms with van der Waals surface area (Å²) in [5, 5.41) is 0. The van der Waals surface area contributed by atoms with Gasteiger partial charge in [0.1, 0.15) is 0 Å². The van der Waals surface area contributed by atoms with Gasteiger partial charge in [-0.2, -0.15) is 0 Å². The molecule has 0 amide bonds. The van der Waals surface area contributed by atoms with E-state index in [1.54, 1.807) is 25.7 Å². The number of hydrogen-bond acceptors (Lipinski definition) is 0. The summed E-state index contributed by atoms with van der Waals surface area (Å²) in [4.78, 5) is 0. The monoisotopic (exact) mass is 388 g/mol. The molecule has 28 heavy (non-hydrogen) atoms. The lowest BCUT2D eigenvalue weighted by atomic mass is 9.68. The maximum absolute atomic E-state index is 2.64. The van der Waals surface area contributed by atoms with E-state index in [9.17, 15) is 0 Å². The van der Waals surface area contributed by atoms with Crippen molar-refractivity contribution in [2.45, 2.75) is 131 Å². The van der Waals surface area contributed by atoms with E-state index in [-0.39, 0.29) is 0 Å². The fraction of sp³-hybridized carbons (Fsp3) is 1.00. The standard InChI is InChI=1S/C28H52/c1-7-10-11-22(8-2)13-12-21(4)26(16-17-27(5)19-24(27)9-3)23-14-15-25-20-28(25,6)18-23/h21-26H,7-20H2,1-6H3. The zero-order valence-corrected chi connectivity index (χ0v) is 20.4. The van der Waals surface area contributed by atoms with Crippen LogP contribution < -0.4 is 0 Å². The molecule has 0 radical (unpaired) electrons. The van der Waals surface area contributed by atoms with Crippen LogP contribution in [0.2, 0.25) is 0 Å². The molecule has 0 heteroatoms. The third-order valence-electron chi connectivity index (χ3n) is 10.1. The van der Waals surface area contributed by atoms with E-state index in [1.165, 1.54) is 64.2 Å². The molecular weight excluding hydrogens is 336 g/mol. The Morgan fingerprint density at radius 1 is 0.893 bits per heavy atom. The van der Waals surface area contributed by atoms with Crippen molar-refractivity contribution in [1.29, 1.82) is 0 Å². The van der Waals surface area contributed by atoms with Crippen molar-refractivity contribution in [3.05, 3.63) is 0 Å². The summed E-state index contributed by atoms with van der Waals surface area (Å²) in [7, 11) is 0. The number of unbranched alkanes of at least 4 members (excludes halogenated alkanes) is 1. The minimum atomic E-state index is 0.709. The molecule has 8 unspecified atom stereocenters. The number of fused-ring (bicyclic) bond motifs is 1. The van der Waals surface area contributed by atoms with E-state index in [2.05, 4.69) is 41.5 Å². The molecule has 0 saturated heterocycles. The third-order valence-corrected chi connectivity index (χ3v) is 10.1. The Bertz CT molecular complexity index is 480. The fourth-order valence-electron chi connectivity index (χ4n) is 7.37. The summed E-state index contributed by atoms with van der Waals surface area (Å²) in [6.07, 6.45) is 20.9. The molecule has 0 heterocycles. The second-order valence-electron chi connectivity index (χ2n) is 12.2. The Hall–Kier alpha value is 0. The summed E-state index contributed by atoms with van der Waals surface area (Å²) in [6, 6.07) is 0. The molecule has 3 aliphatic carbocycles. The Labute approximate surface area is 178 Å². The van der Waals surface area contributed by atoms with E-state index in [0.29, 0.717) is 5.41 Å². The smallest absolute Gasteiger partial charge is 0.0292 e. The summed E-state index contributed by atoms with van der Waals surface area (Å²) < 4.78 is 0. The van der Waals surface area contributed by atoms with Crippen molar-refractivity contribution >= 4 is 0 Å². The normalized spacial score (nSPS) is 39.9. The van der Waals surface area contributed by atoms with Gasteiger partial charge in [0.25, 0.3) is 0 Å². The number of rotatable bonds is 13. The lowest BCUT2D eigenvalue weighted by molar-refractivity contribution is 0.124. The van der Waals surface area contributed by atoms with Crippen molar-refractivity contribution in [1.82, 2.24) is 0 Å². The highest BCUT2D eigenvalue weighted by Crippen LogP contribution is 2.64. The molecule has 0 aromatic heterocycles. The van der Waals surface area contributed by atoms with Crippen LogP contribution in [0.5, 0.6) is 0 Å². The van der Waals surface area contributed by atoms with Crippen LogP contribution in [0.25, 0.3) is 0 Å². The lowest BCUT2D eigenvalue weighted by Crippen LogP contribution is -2.28. The molecule has 0 aromatic rings. The maximum atomic E-state index is 2.64. The van der Waals surface area contributed by atoms with Gasteiger partial charge < -0.3 is 0 Å². The minimum Gasteiger partial charge on any atom is -0.0654 e. The van der Waals surface area contributed by atoms with E-state index >= 15 is 0 Å². The second-order valence-corrected chi connectivity index (χ2v) is 12.2. The van der Waals surface area contributed by atoms with Crippen LogP contribution in [0, 0.1) is 46.3 Å². The Morgan fingerprint density at radius 2 is 1.68 bits per heavy atom. The first-order valence-electron chi connectivity index (χ1n) is 13.3. The highest BCUT2D eigenvalue weighted by Gasteiger charge is 2.54. The summed E-state index contributed by atoms with van der Waals surface area (Å²) >= 11 is 0. The first kappa shape index (κ1) is 22.7. The first-order valence-corrected chi connectivity index (χ1v) is 13.3. The van der Waals surface area contributed by atoms with Crippen LogP contribution in [-0.4, -0.2) is 0 Å². The predicted octanol–water partition coefficient (Wildman–Crippen LogP) is 9.28. The molecule has 3 saturated carbocycles. The molecular formula is C28H52. The zero-order valence-electron chi connectivity index (χ0n) is 20.4. The second kappa shape index (κ2) is 9.43. The van der Waals surface area contributed by atoms with Gasteiger partial charge in [-0.25, -0.2) is 0 Å². The van der Waals surface area contributed by atoms with E-state index in [1.807, 2.05) is 0 Å². The van der Waals surface area contributed by atoms with Gasteiger partial charge in [0.2, 0.25) is 0 Å². The van der Waals surface area contributed by atoms with Crippen LogP contribution in [0.1, 0.15) is 131 Å². The molecule has 3 aliphatic rings. The topological polar surface area (TPSA) is 0 Å². The predicted molar refractivity (Wildman–Crippen MR) is 124 cm³/mol. The highest BCUT2D eigenvalue weighted by atomic mass is 14.6. The Morgan fingerprint density at radius 3 is 2.29 bits per heavy atom. The maximum Gasteiger partial charge on any atom is -0.0292 e. The third kappa shape index (κ3) is 5.37. The Balaban J connectivity index is 1.56. The largest absolute Gasteiger partial charge is 0.0654 e. The molecule has 0 bridgehead atoms. The molecule has 0 aliphatic heterocycles. The van der Waals surface area contributed by atoms with Gasteiger partial charge >= 0.3 is 0 Å². The summed E-state index contributed by atoms with van der Waals surface area (Å²) in [5.41, 5.74) is 1.46. The molecule has 8 atom stereocenters. The average Bonchev–Trinajstić information content (AvgIpc) is 3.55. The van der Waals surface area contributed by atoms with Gasteiger partial charge in [-0.1, -0.05) is 86.5 Å². The van der Waals surface area contributed by atoms with Gasteiger partial charge in [-0.15, -0.1) is 0 Å². The number of hydrogen-bond donors (Lipinski definition) is 0. The van der Waals surface area contributed by atoms with Gasteiger partial charge in [0, 0.05) is 0 Å². The van der Waals surface area contributed by atoms with Gasteiger partial charge in [-0.05, 0) is 91.3 Å². The lowest BCUT2D eigenvalue weighted by Gasteiger charge is -2.38. The van der Waals surface area contributed by atoms with E-state index < -0.39 is 0 Å². The molecule has 3 fully saturated rings. The fourth-order valence-corrected chi connectivity index (χ4v) is 7.37. The Kier molecular flexibility index (Phi) is 7.64. The van der Waals surface area contributed by atoms with Gasteiger partial charge in [0.15, 0.2) is 0 Å². The highest BCUT2D eigenvalue weighted by molar-refractivity contribution is 5.05. The van der Waals surface area contributed by atoms with Gasteiger partial charge in [-0.3, -0.25) is 0 Å². The summed E-state index contributed by atoms with van der Waals surface area (Å²) in [5.74, 6) is 6.13. The molecule has 164 valence electrons. The first-order chi connectivity index (χ1) is 13.3. The molecule has 3 rings (SSSR count). The zero-order chi connectivity index (χ0) is 20.4. The van der Waals surface area contributed by atoms with Crippen molar-refractivity contribution < 1.29 is 0 Å². The van der Waals surface area contributed by atoms with Crippen LogP contribution in [0.15, 0.2) is 0 Å². The SMILES string of the molecule is CCCCC(CC)CCC(C)C(CCC1(C)CC1CC)C1CCC2CC2(C)C1. The van der Waals surface area contributed by atoms with Crippen LogP contribution in [-0.2, 0) is 0 Å². The van der Waals surface area contributed by atoms with E-state index in [4.69, 9.17) is 0 Å². The van der Waals surface area contributed by atoms with Crippen LogP contribution in [0.4, 0.5) is 0 Å². The molecule has 0 aromatic carbocycles. The van der Waals surface area contributed by atoms with E-state index in [0.717, 1.165) is 40.9 Å². The van der Waals surface area contributed by atoms with Crippen molar-refractivity contribution in [2.24, 2.45) is 46.3 Å².